The molecule has 3 aliphatic rings. The zero-order chi connectivity index (χ0) is 12.4. The van der Waals surface area contributed by atoms with Crippen LogP contribution in [0.1, 0.15) is 38.5 Å². The van der Waals surface area contributed by atoms with Crippen molar-refractivity contribution in [3.63, 3.8) is 0 Å². The Hall–Kier alpha value is -0.610. The third-order valence-electron chi connectivity index (χ3n) is 4.60. The van der Waals surface area contributed by atoms with Gasteiger partial charge in [-0.05, 0) is 25.2 Å². The minimum absolute atomic E-state index is 0.0000853. The Labute approximate surface area is 109 Å². The second-order valence-electron chi connectivity index (χ2n) is 5.99. The molecule has 1 saturated carbocycles. The van der Waals surface area contributed by atoms with E-state index in [4.69, 9.17) is 9.47 Å². The van der Waals surface area contributed by atoms with Gasteiger partial charge in [-0.15, -0.1) is 0 Å². The average molecular weight is 253 g/mol. The first-order valence-corrected chi connectivity index (χ1v) is 7.27. The summed E-state index contributed by atoms with van der Waals surface area (Å²) in [6.45, 7) is 3.90. The van der Waals surface area contributed by atoms with Gasteiger partial charge in [-0.1, -0.05) is 12.8 Å². The Balaban J connectivity index is 1.56. The number of rotatable bonds is 2. The fourth-order valence-electron chi connectivity index (χ4n) is 3.50. The standard InChI is InChI=1S/C14H23NO3/c16-13(9-12-3-7-17-10-12)15-6-8-18-14(11-15)4-1-2-5-14/h12H,1-11H2/t12-/m0/s1. The van der Waals surface area contributed by atoms with Crippen LogP contribution in [0.25, 0.3) is 0 Å². The summed E-state index contributed by atoms with van der Waals surface area (Å²) in [5.74, 6) is 0.750. The molecule has 1 spiro atoms. The number of morpholine rings is 1. The minimum Gasteiger partial charge on any atom is -0.381 e. The van der Waals surface area contributed by atoms with Crippen LogP contribution in [0.4, 0.5) is 0 Å². The molecule has 18 heavy (non-hydrogen) atoms. The lowest BCUT2D eigenvalue weighted by Crippen LogP contribution is -2.52. The fraction of sp³-hybridized carbons (Fsp3) is 0.929. The quantitative estimate of drug-likeness (QED) is 0.750. The maximum Gasteiger partial charge on any atom is 0.223 e. The molecule has 0 N–H and O–H groups in total. The molecule has 4 heteroatoms. The predicted molar refractivity (Wildman–Crippen MR) is 67.3 cm³/mol. The Morgan fingerprint density at radius 2 is 2.11 bits per heavy atom. The molecular formula is C14H23NO3. The molecule has 102 valence electrons. The van der Waals surface area contributed by atoms with E-state index in [1.807, 2.05) is 4.90 Å². The van der Waals surface area contributed by atoms with Gasteiger partial charge in [-0.2, -0.15) is 0 Å². The van der Waals surface area contributed by atoms with Gasteiger partial charge in [0.15, 0.2) is 0 Å². The molecule has 4 nitrogen and oxygen atoms in total. The van der Waals surface area contributed by atoms with Gasteiger partial charge in [0.2, 0.25) is 5.91 Å². The first kappa shape index (κ1) is 12.4. The zero-order valence-electron chi connectivity index (χ0n) is 11.0. The third kappa shape index (κ3) is 2.54. The van der Waals surface area contributed by atoms with Crippen LogP contribution in [0.5, 0.6) is 0 Å². The molecule has 3 rings (SSSR count). The Bertz CT molecular complexity index is 306. The smallest absolute Gasteiger partial charge is 0.223 e. The van der Waals surface area contributed by atoms with E-state index in [2.05, 4.69) is 0 Å². The third-order valence-corrected chi connectivity index (χ3v) is 4.60. The van der Waals surface area contributed by atoms with Crippen LogP contribution >= 0.6 is 0 Å². The summed E-state index contributed by atoms with van der Waals surface area (Å²) in [6.07, 6.45) is 6.46. The molecule has 2 saturated heterocycles. The Kier molecular flexibility index (Phi) is 3.57. The normalized spacial score (nSPS) is 31.1. The first-order valence-electron chi connectivity index (χ1n) is 7.27. The second-order valence-corrected chi connectivity index (χ2v) is 5.99. The van der Waals surface area contributed by atoms with Gasteiger partial charge in [0.25, 0.3) is 0 Å². The van der Waals surface area contributed by atoms with E-state index in [1.54, 1.807) is 0 Å². The average Bonchev–Trinajstić information content (AvgIpc) is 3.02. The topological polar surface area (TPSA) is 38.8 Å². The summed E-state index contributed by atoms with van der Waals surface area (Å²) in [4.78, 5) is 14.3. The van der Waals surface area contributed by atoms with Gasteiger partial charge in [0.05, 0.1) is 12.2 Å². The van der Waals surface area contributed by atoms with Crippen LogP contribution in [-0.2, 0) is 14.3 Å². The number of hydrogen-bond acceptors (Lipinski definition) is 3. The largest absolute Gasteiger partial charge is 0.381 e. The first-order chi connectivity index (χ1) is 8.77. The number of carbonyl (C=O) groups is 1. The lowest BCUT2D eigenvalue weighted by Gasteiger charge is -2.40. The number of nitrogens with zero attached hydrogens (tertiary/aromatic N) is 1. The molecule has 3 fully saturated rings. The molecule has 2 heterocycles. The van der Waals surface area contributed by atoms with Crippen molar-refractivity contribution in [2.45, 2.75) is 44.1 Å². The van der Waals surface area contributed by atoms with E-state index in [-0.39, 0.29) is 5.60 Å². The lowest BCUT2D eigenvalue weighted by molar-refractivity contribution is -0.150. The van der Waals surface area contributed by atoms with Crippen molar-refractivity contribution >= 4 is 5.91 Å². The van der Waals surface area contributed by atoms with Crippen LogP contribution in [0.3, 0.4) is 0 Å². The van der Waals surface area contributed by atoms with Crippen LogP contribution in [0.15, 0.2) is 0 Å². The van der Waals surface area contributed by atoms with E-state index in [9.17, 15) is 4.79 Å². The molecule has 0 unspecified atom stereocenters. The Morgan fingerprint density at radius 3 is 2.83 bits per heavy atom. The number of hydrogen-bond donors (Lipinski definition) is 0. The second kappa shape index (κ2) is 5.17. The molecular weight excluding hydrogens is 230 g/mol. The maximum absolute atomic E-state index is 12.3. The van der Waals surface area contributed by atoms with Crippen molar-refractivity contribution in [3.05, 3.63) is 0 Å². The Morgan fingerprint density at radius 1 is 1.28 bits per heavy atom. The maximum atomic E-state index is 12.3. The zero-order valence-corrected chi connectivity index (χ0v) is 11.0. The molecule has 1 amide bonds. The van der Waals surface area contributed by atoms with E-state index in [0.29, 0.717) is 24.9 Å². The van der Waals surface area contributed by atoms with Crippen molar-refractivity contribution < 1.29 is 14.3 Å². The molecule has 1 atom stereocenters. The SMILES string of the molecule is O=C(C[C@@H]1CCOC1)N1CCOC2(CCCC2)C1. The number of carbonyl (C=O) groups excluding carboxylic acids is 1. The van der Waals surface area contributed by atoms with Crippen molar-refractivity contribution in [1.82, 2.24) is 4.90 Å². The van der Waals surface area contributed by atoms with Crippen LogP contribution in [-0.4, -0.2) is 49.3 Å². The van der Waals surface area contributed by atoms with Gasteiger partial charge >= 0.3 is 0 Å². The van der Waals surface area contributed by atoms with Gasteiger partial charge in [0.1, 0.15) is 0 Å². The summed E-state index contributed by atoms with van der Waals surface area (Å²) < 4.78 is 11.3. The summed E-state index contributed by atoms with van der Waals surface area (Å²) >= 11 is 0. The lowest BCUT2D eigenvalue weighted by atomic mass is 9.98. The van der Waals surface area contributed by atoms with Crippen molar-refractivity contribution in [2.24, 2.45) is 5.92 Å². The number of amides is 1. The molecule has 2 aliphatic heterocycles. The number of ether oxygens (including phenoxy) is 2. The van der Waals surface area contributed by atoms with E-state index in [1.165, 1.54) is 12.8 Å². The van der Waals surface area contributed by atoms with Gasteiger partial charge < -0.3 is 14.4 Å². The summed E-state index contributed by atoms with van der Waals surface area (Å²) in [6, 6.07) is 0. The highest BCUT2D eigenvalue weighted by Crippen LogP contribution is 2.36. The van der Waals surface area contributed by atoms with Crippen LogP contribution < -0.4 is 0 Å². The molecule has 0 aromatic rings. The fourth-order valence-corrected chi connectivity index (χ4v) is 3.50. The van der Waals surface area contributed by atoms with E-state index in [0.717, 1.165) is 45.6 Å². The van der Waals surface area contributed by atoms with Crippen molar-refractivity contribution in [1.29, 1.82) is 0 Å². The van der Waals surface area contributed by atoms with Crippen LogP contribution in [0, 0.1) is 5.92 Å². The monoisotopic (exact) mass is 253 g/mol. The molecule has 0 aromatic carbocycles. The molecule has 0 aromatic heterocycles. The van der Waals surface area contributed by atoms with Gasteiger partial charge in [-0.25, -0.2) is 0 Å². The molecule has 1 aliphatic carbocycles. The molecule has 0 radical (unpaired) electrons. The summed E-state index contributed by atoms with van der Waals surface area (Å²) in [5, 5.41) is 0. The van der Waals surface area contributed by atoms with E-state index < -0.39 is 0 Å². The predicted octanol–water partition coefficient (Wildman–Crippen LogP) is 1.58. The van der Waals surface area contributed by atoms with Gasteiger partial charge in [0, 0.05) is 32.7 Å². The highest BCUT2D eigenvalue weighted by Gasteiger charge is 2.40. The summed E-state index contributed by atoms with van der Waals surface area (Å²) in [7, 11) is 0. The minimum atomic E-state index is 0.0000853. The van der Waals surface area contributed by atoms with Crippen molar-refractivity contribution in [2.75, 3.05) is 32.9 Å². The van der Waals surface area contributed by atoms with E-state index >= 15 is 0 Å². The van der Waals surface area contributed by atoms with Crippen molar-refractivity contribution in [3.8, 4) is 0 Å². The van der Waals surface area contributed by atoms with Crippen LogP contribution in [0.2, 0.25) is 0 Å². The van der Waals surface area contributed by atoms with Gasteiger partial charge in [-0.3, -0.25) is 4.79 Å². The highest BCUT2D eigenvalue weighted by molar-refractivity contribution is 5.76. The summed E-state index contributed by atoms with van der Waals surface area (Å²) in [5.41, 5.74) is 0.0000853. The highest BCUT2D eigenvalue weighted by atomic mass is 16.5. The molecule has 0 bridgehead atoms.